The van der Waals surface area contributed by atoms with Gasteiger partial charge in [-0.3, -0.25) is 14.5 Å². The molecule has 1 saturated heterocycles. The molecule has 8 nitrogen and oxygen atoms in total. The normalized spacial score (nSPS) is 17.7. The highest BCUT2D eigenvalue weighted by molar-refractivity contribution is 5.94. The summed E-state index contributed by atoms with van der Waals surface area (Å²) in [5.74, 6) is 0.929. The van der Waals surface area contributed by atoms with Crippen LogP contribution in [-0.2, 0) is 7.05 Å². The van der Waals surface area contributed by atoms with Crippen LogP contribution in [0.4, 0.5) is 0 Å². The molecule has 1 fully saturated rings. The zero-order chi connectivity index (χ0) is 18.8. The minimum absolute atomic E-state index is 0.0397. The Morgan fingerprint density at radius 1 is 1.22 bits per heavy atom. The molecule has 0 unspecified atom stereocenters. The van der Waals surface area contributed by atoms with Crippen molar-refractivity contribution in [3.8, 4) is 11.5 Å². The minimum atomic E-state index is -0.199. The zero-order valence-corrected chi connectivity index (χ0v) is 15.5. The molecule has 1 atom stereocenters. The summed E-state index contributed by atoms with van der Waals surface area (Å²) in [6.07, 6.45) is 9.04. The monoisotopic (exact) mass is 366 g/mol. The molecule has 8 heteroatoms. The maximum Gasteiger partial charge on any atom is 0.261 e. The molecule has 1 amide bonds. The Bertz CT molecular complexity index is 930. The summed E-state index contributed by atoms with van der Waals surface area (Å²) in [5.41, 5.74) is 2.24. The number of pyridine rings is 1. The number of carbonyl (C=O) groups excluding carboxylic acids is 1. The largest absolute Gasteiger partial charge is 0.334 e. The molecule has 1 aliphatic heterocycles. The molecule has 3 aromatic heterocycles. The smallest absolute Gasteiger partial charge is 0.261 e. The minimum Gasteiger partial charge on any atom is -0.334 e. The number of aryl methyl sites for hydroxylation is 2. The van der Waals surface area contributed by atoms with Crippen LogP contribution >= 0.6 is 0 Å². The molecule has 1 aliphatic rings. The van der Waals surface area contributed by atoms with Crippen LogP contribution < -0.4 is 0 Å². The van der Waals surface area contributed by atoms with Crippen LogP contribution in [-0.4, -0.2) is 42.3 Å². The van der Waals surface area contributed by atoms with E-state index in [9.17, 15) is 4.79 Å². The highest BCUT2D eigenvalue weighted by Crippen LogP contribution is 2.31. The molecule has 27 heavy (non-hydrogen) atoms. The molecule has 0 radical (unpaired) electrons. The third-order valence-corrected chi connectivity index (χ3v) is 4.86. The number of nitrogens with zero attached hydrogens (tertiary/aromatic N) is 6. The molecule has 0 aliphatic carbocycles. The van der Waals surface area contributed by atoms with E-state index in [4.69, 9.17) is 4.52 Å². The number of amides is 1. The summed E-state index contributed by atoms with van der Waals surface area (Å²) in [6.45, 7) is 2.58. The average Bonchev–Trinajstić information content (AvgIpc) is 3.25. The lowest BCUT2D eigenvalue weighted by Crippen LogP contribution is -2.35. The lowest BCUT2D eigenvalue weighted by molar-refractivity contribution is 0.0670. The third kappa shape index (κ3) is 3.60. The van der Waals surface area contributed by atoms with E-state index in [2.05, 4.69) is 20.2 Å². The predicted octanol–water partition coefficient (Wildman–Crippen LogP) is 2.93. The van der Waals surface area contributed by atoms with Crippen molar-refractivity contribution in [1.29, 1.82) is 0 Å². The summed E-state index contributed by atoms with van der Waals surface area (Å²) < 4.78 is 7.13. The molecule has 3 aromatic rings. The molecule has 4 heterocycles. The number of hydrogen-bond donors (Lipinski definition) is 0. The van der Waals surface area contributed by atoms with Crippen LogP contribution in [0.5, 0.6) is 0 Å². The average molecular weight is 366 g/mol. The van der Waals surface area contributed by atoms with Gasteiger partial charge in [-0.25, -0.2) is 0 Å². The summed E-state index contributed by atoms with van der Waals surface area (Å²) in [4.78, 5) is 23.8. The number of likely N-dealkylation sites (tertiary alicyclic amines) is 1. The fraction of sp³-hybridized carbons (Fsp3) is 0.421. The summed E-state index contributed by atoms with van der Waals surface area (Å²) in [6, 6.07) is 3.48. The van der Waals surface area contributed by atoms with Crippen LogP contribution in [0, 0.1) is 6.92 Å². The molecular weight excluding hydrogens is 344 g/mol. The lowest BCUT2D eigenvalue weighted by Gasteiger charge is -2.27. The van der Waals surface area contributed by atoms with Crippen LogP contribution in [0.25, 0.3) is 11.5 Å². The highest BCUT2D eigenvalue weighted by atomic mass is 16.5. The van der Waals surface area contributed by atoms with Crippen molar-refractivity contribution >= 4 is 5.91 Å². The van der Waals surface area contributed by atoms with Crippen molar-refractivity contribution in [2.24, 2.45) is 7.05 Å². The maximum absolute atomic E-state index is 13.1. The first kappa shape index (κ1) is 17.4. The quantitative estimate of drug-likeness (QED) is 0.708. The van der Waals surface area contributed by atoms with Gasteiger partial charge in [-0.15, -0.1) is 0 Å². The Labute approximate surface area is 157 Å². The maximum atomic E-state index is 13.1. The molecular formula is C19H22N6O2. The van der Waals surface area contributed by atoms with Gasteiger partial charge in [0.05, 0.1) is 23.4 Å². The number of hydrogen-bond acceptors (Lipinski definition) is 6. The van der Waals surface area contributed by atoms with Crippen LogP contribution in [0.15, 0.2) is 35.2 Å². The second kappa shape index (κ2) is 7.30. The van der Waals surface area contributed by atoms with Crippen molar-refractivity contribution < 1.29 is 9.32 Å². The van der Waals surface area contributed by atoms with Gasteiger partial charge in [0.25, 0.3) is 11.8 Å². The van der Waals surface area contributed by atoms with Gasteiger partial charge in [0.1, 0.15) is 0 Å². The SMILES string of the molecule is Cc1ccc(C(=O)N2CCCCC[C@H]2c2noc(-c3cnn(C)c3)n2)cn1. The first-order valence-electron chi connectivity index (χ1n) is 9.18. The summed E-state index contributed by atoms with van der Waals surface area (Å²) in [5, 5.41) is 8.31. The van der Waals surface area contributed by atoms with E-state index in [1.165, 1.54) is 0 Å². The summed E-state index contributed by atoms with van der Waals surface area (Å²) in [7, 11) is 1.84. The van der Waals surface area contributed by atoms with Gasteiger partial charge in [0, 0.05) is 31.7 Å². The van der Waals surface area contributed by atoms with Gasteiger partial charge in [-0.05, 0) is 31.9 Å². The fourth-order valence-corrected chi connectivity index (χ4v) is 3.40. The van der Waals surface area contributed by atoms with Gasteiger partial charge >= 0.3 is 0 Å². The zero-order valence-electron chi connectivity index (χ0n) is 15.5. The molecule has 0 spiro atoms. The highest BCUT2D eigenvalue weighted by Gasteiger charge is 2.31. The standard InChI is InChI=1S/C19H22N6O2/c1-13-7-8-14(10-20-13)19(26)25-9-5-3-4-6-16(25)17-22-18(27-23-17)15-11-21-24(2)12-15/h7-8,10-12,16H,3-6,9H2,1-2H3/t16-/m0/s1. The number of rotatable bonds is 3. The van der Waals surface area contributed by atoms with Crippen molar-refractivity contribution in [2.45, 2.75) is 38.6 Å². The van der Waals surface area contributed by atoms with E-state index in [1.807, 2.05) is 37.2 Å². The van der Waals surface area contributed by atoms with Gasteiger partial charge in [0.2, 0.25) is 0 Å². The Hall–Kier alpha value is -3.03. The van der Waals surface area contributed by atoms with Crippen LogP contribution in [0.3, 0.4) is 0 Å². The first-order valence-corrected chi connectivity index (χ1v) is 9.18. The molecule has 0 saturated carbocycles. The van der Waals surface area contributed by atoms with E-state index in [0.717, 1.165) is 36.9 Å². The second-order valence-corrected chi connectivity index (χ2v) is 6.91. The van der Waals surface area contributed by atoms with Crippen molar-refractivity contribution in [3.05, 3.63) is 47.8 Å². The molecule has 0 aromatic carbocycles. The molecule has 0 bridgehead atoms. The van der Waals surface area contributed by atoms with Gasteiger partial charge in [-0.2, -0.15) is 10.1 Å². The predicted molar refractivity (Wildman–Crippen MR) is 97.7 cm³/mol. The van der Waals surface area contributed by atoms with Gasteiger partial charge in [-0.1, -0.05) is 18.0 Å². The van der Waals surface area contributed by atoms with Crippen LogP contribution in [0.1, 0.15) is 53.6 Å². The molecule has 0 N–H and O–H groups in total. The van der Waals surface area contributed by atoms with E-state index < -0.39 is 0 Å². The van der Waals surface area contributed by atoms with E-state index >= 15 is 0 Å². The van der Waals surface area contributed by atoms with Gasteiger partial charge in [0.15, 0.2) is 5.82 Å². The number of carbonyl (C=O) groups is 1. The summed E-state index contributed by atoms with van der Waals surface area (Å²) >= 11 is 0. The van der Waals surface area contributed by atoms with E-state index in [1.54, 1.807) is 17.1 Å². The third-order valence-electron chi connectivity index (χ3n) is 4.86. The number of aromatic nitrogens is 5. The van der Waals surface area contributed by atoms with E-state index in [0.29, 0.717) is 23.8 Å². The first-order chi connectivity index (χ1) is 13.1. The Morgan fingerprint density at radius 3 is 2.85 bits per heavy atom. The second-order valence-electron chi connectivity index (χ2n) is 6.91. The lowest BCUT2D eigenvalue weighted by atomic mass is 10.1. The van der Waals surface area contributed by atoms with Crippen molar-refractivity contribution in [1.82, 2.24) is 29.8 Å². The fourth-order valence-electron chi connectivity index (χ4n) is 3.40. The molecule has 4 rings (SSSR count). The van der Waals surface area contributed by atoms with Gasteiger partial charge < -0.3 is 9.42 Å². The van der Waals surface area contributed by atoms with E-state index in [-0.39, 0.29) is 11.9 Å². The Balaban J connectivity index is 1.63. The van der Waals surface area contributed by atoms with Crippen LogP contribution in [0.2, 0.25) is 0 Å². The Morgan fingerprint density at radius 2 is 2.11 bits per heavy atom. The Kier molecular flexibility index (Phi) is 4.70. The van der Waals surface area contributed by atoms with Crippen molar-refractivity contribution in [2.75, 3.05) is 6.54 Å². The topological polar surface area (TPSA) is 89.9 Å². The molecule has 140 valence electrons. The van der Waals surface area contributed by atoms with Crippen molar-refractivity contribution in [3.63, 3.8) is 0 Å².